The summed E-state index contributed by atoms with van der Waals surface area (Å²) in [5, 5.41) is 14.1. The maximum absolute atomic E-state index is 13.0. The van der Waals surface area contributed by atoms with Crippen LogP contribution in [0.1, 0.15) is 26.2 Å². The van der Waals surface area contributed by atoms with E-state index in [0.717, 1.165) is 0 Å². The molecule has 1 heterocycles. The lowest BCUT2D eigenvalue weighted by Crippen LogP contribution is -2.52. The lowest BCUT2D eigenvalue weighted by Gasteiger charge is -2.29. The van der Waals surface area contributed by atoms with Crippen LogP contribution in [0.25, 0.3) is 0 Å². The lowest BCUT2D eigenvalue weighted by molar-refractivity contribution is -0.216. The quantitative estimate of drug-likeness (QED) is 0.691. The van der Waals surface area contributed by atoms with Crippen molar-refractivity contribution in [2.75, 3.05) is 19.6 Å². The molecule has 18 heavy (non-hydrogen) atoms. The van der Waals surface area contributed by atoms with Gasteiger partial charge in [-0.15, -0.1) is 0 Å². The van der Waals surface area contributed by atoms with E-state index in [-0.39, 0.29) is 32.5 Å². The molecule has 1 aliphatic heterocycles. The van der Waals surface area contributed by atoms with Crippen LogP contribution in [0.3, 0.4) is 0 Å². The Morgan fingerprint density at radius 1 is 1.56 bits per heavy atom. The highest BCUT2D eigenvalue weighted by molar-refractivity contribution is 5.84. The fourth-order valence-electron chi connectivity index (χ4n) is 1.98. The van der Waals surface area contributed by atoms with Crippen molar-refractivity contribution in [1.29, 1.82) is 0 Å². The number of amides is 1. The van der Waals surface area contributed by atoms with E-state index in [1.165, 1.54) is 0 Å². The van der Waals surface area contributed by atoms with Gasteiger partial charge in [-0.05, 0) is 25.8 Å². The van der Waals surface area contributed by atoms with E-state index in [9.17, 15) is 23.1 Å². The minimum absolute atomic E-state index is 0.0612. The molecule has 106 valence electrons. The van der Waals surface area contributed by atoms with E-state index in [0.29, 0.717) is 6.42 Å². The molecule has 4 nitrogen and oxygen atoms in total. The fourth-order valence-corrected chi connectivity index (χ4v) is 1.98. The van der Waals surface area contributed by atoms with Crippen molar-refractivity contribution in [3.8, 4) is 0 Å². The van der Waals surface area contributed by atoms with E-state index in [2.05, 4.69) is 10.6 Å². The molecule has 1 rings (SSSR count). The van der Waals surface area contributed by atoms with E-state index in [1.807, 2.05) is 0 Å². The molecule has 0 bridgehead atoms. The summed E-state index contributed by atoms with van der Waals surface area (Å²) < 4.78 is 38.9. The summed E-state index contributed by atoms with van der Waals surface area (Å²) in [5.74, 6) is -0.997. The summed E-state index contributed by atoms with van der Waals surface area (Å²) in [6.07, 6.45) is -4.59. The van der Waals surface area contributed by atoms with Crippen molar-refractivity contribution in [2.45, 2.75) is 38.5 Å². The molecule has 2 atom stereocenters. The average Bonchev–Trinajstić information content (AvgIpc) is 2.78. The number of hydrogen-bond acceptors (Lipinski definition) is 3. The number of rotatable bonds is 5. The first-order chi connectivity index (χ1) is 8.33. The van der Waals surface area contributed by atoms with Crippen molar-refractivity contribution in [3.63, 3.8) is 0 Å². The summed E-state index contributed by atoms with van der Waals surface area (Å²) in [5.41, 5.74) is -2.32. The largest absolute Gasteiger partial charge is 0.404 e. The zero-order valence-electron chi connectivity index (χ0n) is 10.3. The highest BCUT2D eigenvalue weighted by Crippen LogP contribution is 2.43. The topological polar surface area (TPSA) is 61.4 Å². The van der Waals surface area contributed by atoms with Gasteiger partial charge in [0, 0.05) is 13.1 Å². The predicted octanol–water partition coefficient (Wildman–Crippen LogP) is 0.806. The van der Waals surface area contributed by atoms with Crippen LogP contribution in [0.4, 0.5) is 13.2 Å². The van der Waals surface area contributed by atoms with Crippen LogP contribution in [0.2, 0.25) is 0 Å². The lowest BCUT2D eigenvalue weighted by atomic mass is 9.85. The smallest absolute Gasteiger partial charge is 0.393 e. The van der Waals surface area contributed by atoms with Gasteiger partial charge in [-0.25, -0.2) is 0 Å². The van der Waals surface area contributed by atoms with Gasteiger partial charge in [-0.1, -0.05) is 6.92 Å². The molecule has 0 radical (unpaired) electrons. The Morgan fingerprint density at radius 2 is 2.22 bits per heavy atom. The Balaban J connectivity index is 2.57. The first-order valence-electron chi connectivity index (χ1n) is 6.07. The van der Waals surface area contributed by atoms with E-state index >= 15 is 0 Å². The Labute approximate surface area is 104 Å². The van der Waals surface area contributed by atoms with E-state index in [4.69, 9.17) is 0 Å². The normalized spacial score (nSPS) is 26.1. The third kappa shape index (κ3) is 3.14. The summed E-state index contributed by atoms with van der Waals surface area (Å²) in [4.78, 5) is 11.7. The minimum atomic E-state index is -4.55. The fraction of sp³-hybridized carbons (Fsp3) is 0.909. The number of aliphatic hydroxyl groups excluding tert-OH is 1. The summed E-state index contributed by atoms with van der Waals surface area (Å²) in [6.45, 7) is 1.64. The van der Waals surface area contributed by atoms with E-state index in [1.54, 1.807) is 6.92 Å². The Hall–Kier alpha value is -0.820. The van der Waals surface area contributed by atoms with Crippen LogP contribution in [-0.4, -0.2) is 42.9 Å². The van der Waals surface area contributed by atoms with Crippen molar-refractivity contribution >= 4 is 5.91 Å². The van der Waals surface area contributed by atoms with Crippen LogP contribution in [-0.2, 0) is 4.79 Å². The molecule has 0 aromatic carbocycles. The maximum atomic E-state index is 13.0. The second kappa shape index (κ2) is 5.88. The third-order valence-corrected chi connectivity index (χ3v) is 3.37. The molecule has 1 fully saturated rings. The number of carbonyl (C=O) groups is 1. The Kier molecular flexibility index (Phi) is 4.98. The molecule has 0 saturated carbocycles. The van der Waals surface area contributed by atoms with Crippen molar-refractivity contribution < 1.29 is 23.1 Å². The highest BCUT2D eigenvalue weighted by atomic mass is 19.4. The van der Waals surface area contributed by atoms with Crippen LogP contribution < -0.4 is 10.6 Å². The van der Waals surface area contributed by atoms with E-state index < -0.39 is 23.6 Å². The number of carbonyl (C=O) groups excluding carboxylic acids is 1. The van der Waals surface area contributed by atoms with Crippen LogP contribution in [0.15, 0.2) is 0 Å². The van der Waals surface area contributed by atoms with Gasteiger partial charge in [0.2, 0.25) is 5.91 Å². The minimum Gasteiger partial charge on any atom is -0.393 e. The second-order valence-electron chi connectivity index (χ2n) is 4.61. The van der Waals surface area contributed by atoms with Crippen LogP contribution in [0, 0.1) is 5.41 Å². The zero-order chi connectivity index (χ0) is 13.8. The summed E-state index contributed by atoms with van der Waals surface area (Å²) >= 11 is 0. The summed E-state index contributed by atoms with van der Waals surface area (Å²) in [7, 11) is 0. The molecule has 1 saturated heterocycles. The molecule has 1 aliphatic rings. The van der Waals surface area contributed by atoms with Crippen molar-refractivity contribution in [1.82, 2.24) is 10.6 Å². The molecule has 7 heteroatoms. The molecule has 0 aliphatic carbocycles. The Morgan fingerprint density at radius 3 is 2.67 bits per heavy atom. The van der Waals surface area contributed by atoms with Crippen molar-refractivity contribution in [3.05, 3.63) is 0 Å². The van der Waals surface area contributed by atoms with Gasteiger partial charge in [0.15, 0.2) is 5.41 Å². The Bertz CT molecular complexity index is 289. The molecule has 0 aromatic heterocycles. The number of alkyl halides is 3. The van der Waals surface area contributed by atoms with Gasteiger partial charge >= 0.3 is 6.18 Å². The van der Waals surface area contributed by atoms with Gasteiger partial charge < -0.3 is 15.7 Å². The number of halogens is 3. The molecule has 1 amide bonds. The molecule has 3 N–H and O–H groups in total. The predicted molar refractivity (Wildman–Crippen MR) is 59.9 cm³/mol. The zero-order valence-corrected chi connectivity index (χ0v) is 10.3. The van der Waals surface area contributed by atoms with Gasteiger partial charge in [0.1, 0.15) is 0 Å². The maximum Gasteiger partial charge on any atom is 0.404 e. The van der Waals surface area contributed by atoms with Gasteiger partial charge in [0.25, 0.3) is 0 Å². The molecular formula is C11H19F3N2O2. The van der Waals surface area contributed by atoms with Crippen LogP contribution in [0.5, 0.6) is 0 Å². The molecule has 0 aromatic rings. The monoisotopic (exact) mass is 268 g/mol. The average molecular weight is 268 g/mol. The SMILES string of the molecule is CCC(O)CCNC(=O)C1(C(F)(F)F)CCNC1. The number of hydrogen-bond donors (Lipinski definition) is 3. The standard InChI is InChI=1S/C11H19F3N2O2/c1-2-8(17)3-5-16-9(18)10(11(12,13)14)4-6-15-7-10/h8,15,17H,2-7H2,1H3,(H,16,18). The number of aliphatic hydroxyl groups is 1. The molecule has 0 spiro atoms. The molecular weight excluding hydrogens is 249 g/mol. The van der Waals surface area contributed by atoms with Gasteiger partial charge in [0.05, 0.1) is 6.10 Å². The van der Waals surface area contributed by atoms with Crippen LogP contribution >= 0.6 is 0 Å². The second-order valence-corrected chi connectivity index (χ2v) is 4.61. The summed E-state index contributed by atoms with van der Waals surface area (Å²) in [6, 6.07) is 0. The third-order valence-electron chi connectivity index (χ3n) is 3.37. The van der Waals surface area contributed by atoms with Crippen molar-refractivity contribution in [2.24, 2.45) is 5.41 Å². The first kappa shape index (κ1) is 15.2. The van der Waals surface area contributed by atoms with Gasteiger partial charge in [-0.2, -0.15) is 13.2 Å². The number of nitrogens with one attached hydrogen (secondary N) is 2. The molecule has 2 unspecified atom stereocenters. The highest BCUT2D eigenvalue weighted by Gasteiger charge is 2.61. The first-order valence-corrected chi connectivity index (χ1v) is 6.07. The van der Waals surface area contributed by atoms with Gasteiger partial charge in [-0.3, -0.25) is 4.79 Å².